The number of carbonyl (C=O) groups excluding carboxylic acids is 2. The zero-order chi connectivity index (χ0) is 17.4. The molecule has 0 heterocycles. The van der Waals surface area contributed by atoms with Crippen LogP contribution in [-0.2, 0) is 9.53 Å². The summed E-state index contributed by atoms with van der Waals surface area (Å²) in [6.07, 6.45) is 2.90. The summed E-state index contributed by atoms with van der Waals surface area (Å²) in [6.45, 7) is 1.96. The van der Waals surface area contributed by atoms with Gasteiger partial charge >= 0.3 is 5.97 Å². The number of benzene rings is 2. The van der Waals surface area contributed by atoms with E-state index in [1.165, 1.54) is 18.2 Å². The molecule has 2 aromatic rings. The molecule has 5 nitrogen and oxygen atoms in total. The normalized spacial score (nSPS) is 10.5. The first kappa shape index (κ1) is 17.3. The molecule has 2 rings (SSSR count). The van der Waals surface area contributed by atoms with Crippen molar-refractivity contribution in [3.8, 4) is 11.5 Å². The molecule has 0 aliphatic heterocycles. The lowest BCUT2D eigenvalue weighted by Crippen LogP contribution is -2.10. The molecule has 124 valence electrons. The highest BCUT2D eigenvalue weighted by molar-refractivity contribution is 6.10. The zero-order valence-corrected chi connectivity index (χ0v) is 13.3. The van der Waals surface area contributed by atoms with Crippen LogP contribution in [0.1, 0.15) is 22.8 Å². The van der Waals surface area contributed by atoms with Gasteiger partial charge in [-0.15, -0.1) is 0 Å². The summed E-state index contributed by atoms with van der Waals surface area (Å²) in [5.74, 6) is -0.473. The molecule has 5 heteroatoms. The van der Waals surface area contributed by atoms with Crippen LogP contribution in [0, 0.1) is 0 Å². The van der Waals surface area contributed by atoms with E-state index < -0.39 is 5.97 Å². The number of aromatic hydroxyl groups is 1. The Morgan fingerprint density at radius 2 is 1.83 bits per heavy atom. The number of phenolic OH excluding ortho intramolecular Hbond substituents is 1. The van der Waals surface area contributed by atoms with Crippen molar-refractivity contribution in [2.45, 2.75) is 6.92 Å². The van der Waals surface area contributed by atoms with Gasteiger partial charge in [0.1, 0.15) is 24.7 Å². The van der Waals surface area contributed by atoms with E-state index in [0.29, 0.717) is 11.3 Å². The average molecular weight is 326 g/mol. The minimum Gasteiger partial charge on any atom is -0.507 e. The first-order chi connectivity index (χ1) is 11.6. The van der Waals surface area contributed by atoms with Gasteiger partial charge in [-0.05, 0) is 19.1 Å². The Kier molecular flexibility index (Phi) is 6.14. The number of ketones is 1. The second-order valence-electron chi connectivity index (χ2n) is 4.89. The van der Waals surface area contributed by atoms with Crippen LogP contribution in [0.2, 0.25) is 0 Å². The largest absolute Gasteiger partial charge is 0.507 e. The SMILES string of the molecule is CC=CC(=O)OCCOc1ccc(C(=O)c2ccccc2)c(O)c1. The Morgan fingerprint density at radius 3 is 2.50 bits per heavy atom. The lowest BCUT2D eigenvalue weighted by molar-refractivity contribution is -0.138. The lowest BCUT2D eigenvalue weighted by atomic mass is 10.0. The second-order valence-corrected chi connectivity index (χ2v) is 4.89. The maximum Gasteiger partial charge on any atom is 0.330 e. The second kappa shape index (κ2) is 8.53. The van der Waals surface area contributed by atoms with Gasteiger partial charge in [-0.1, -0.05) is 36.4 Å². The van der Waals surface area contributed by atoms with Crippen molar-refractivity contribution in [1.29, 1.82) is 0 Å². The molecule has 0 fully saturated rings. The number of ether oxygens (including phenoxy) is 2. The third kappa shape index (κ3) is 4.71. The molecule has 0 aromatic heterocycles. The minimum absolute atomic E-state index is 0.0919. The Morgan fingerprint density at radius 1 is 1.08 bits per heavy atom. The maximum atomic E-state index is 12.3. The van der Waals surface area contributed by atoms with Crippen molar-refractivity contribution in [3.05, 3.63) is 71.8 Å². The Balaban J connectivity index is 1.95. The molecular weight excluding hydrogens is 308 g/mol. The number of hydrogen-bond donors (Lipinski definition) is 1. The van der Waals surface area contributed by atoms with E-state index in [0.717, 1.165) is 0 Å². The van der Waals surface area contributed by atoms with E-state index in [9.17, 15) is 14.7 Å². The van der Waals surface area contributed by atoms with Crippen LogP contribution in [0.3, 0.4) is 0 Å². The third-order valence-electron chi connectivity index (χ3n) is 3.15. The van der Waals surface area contributed by atoms with E-state index in [4.69, 9.17) is 9.47 Å². The topological polar surface area (TPSA) is 72.8 Å². The number of hydrogen-bond acceptors (Lipinski definition) is 5. The molecule has 0 radical (unpaired) electrons. The molecule has 24 heavy (non-hydrogen) atoms. The number of esters is 1. The van der Waals surface area contributed by atoms with E-state index >= 15 is 0 Å². The van der Waals surface area contributed by atoms with E-state index in [2.05, 4.69) is 0 Å². The fourth-order valence-electron chi connectivity index (χ4n) is 2.02. The fraction of sp³-hybridized carbons (Fsp3) is 0.158. The molecule has 1 N–H and O–H groups in total. The number of allylic oxidation sites excluding steroid dienone is 1. The molecule has 0 bridgehead atoms. The van der Waals surface area contributed by atoms with Crippen molar-refractivity contribution in [2.75, 3.05) is 13.2 Å². The van der Waals surface area contributed by atoms with Gasteiger partial charge in [0.2, 0.25) is 0 Å². The molecule has 0 spiro atoms. The fourth-order valence-corrected chi connectivity index (χ4v) is 2.02. The van der Waals surface area contributed by atoms with Gasteiger partial charge in [-0.3, -0.25) is 4.79 Å². The zero-order valence-electron chi connectivity index (χ0n) is 13.3. The molecule has 2 aromatic carbocycles. The van der Waals surface area contributed by atoms with E-state index in [1.54, 1.807) is 43.3 Å². The van der Waals surface area contributed by atoms with Gasteiger partial charge < -0.3 is 14.6 Å². The summed E-state index contributed by atoms with van der Waals surface area (Å²) in [4.78, 5) is 23.4. The minimum atomic E-state index is -0.437. The first-order valence-corrected chi connectivity index (χ1v) is 7.47. The standard InChI is InChI=1S/C19H18O5/c1-2-6-18(21)24-12-11-23-15-9-10-16(17(20)13-15)19(22)14-7-4-3-5-8-14/h2-10,13,20H,11-12H2,1H3. The summed E-state index contributed by atoms with van der Waals surface area (Å²) < 4.78 is 10.3. The van der Waals surface area contributed by atoms with Gasteiger partial charge in [-0.25, -0.2) is 4.79 Å². The Hall–Kier alpha value is -3.08. The van der Waals surface area contributed by atoms with Crippen LogP contribution < -0.4 is 4.74 Å². The predicted molar refractivity (Wildman–Crippen MR) is 89.2 cm³/mol. The number of carbonyl (C=O) groups is 2. The average Bonchev–Trinajstić information content (AvgIpc) is 2.59. The lowest BCUT2D eigenvalue weighted by Gasteiger charge is -2.09. The Labute approximate surface area is 140 Å². The summed E-state index contributed by atoms with van der Waals surface area (Å²) >= 11 is 0. The van der Waals surface area contributed by atoms with Crippen LogP contribution in [0.15, 0.2) is 60.7 Å². The van der Waals surface area contributed by atoms with E-state index in [1.807, 2.05) is 6.07 Å². The monoisotopic (exact) mass is 326 g/mol. The number of phenols is 1. The van der Waals surface area contributed by atoms with Crippen LogP contribution in [0.5, 0.6) is 11.5 Å². The van der Waals surface area contributed by atoms with Crippen LogP contribution in [-0.4, -0.2) is 30.1 Å². The van der Waals surface area contributed by atoms with Crippen molar-refractivity contribution in [2.24, 2.45) is 0 Å². The first-order valence-electron chi connectivity index (χ1n) is 7.47. The van der Waals surface area contributed by atoms with Crippen molar-refractivity contribution < 1.29 is 24.2 Å². The Bertz CT molecular complexity index is 735. The summed E-state index contributed by atoms with van der Waals surface area (Å²) in [5, 5.41) is 10.0. The molecule has 0 amide bonds. The van der Waals surface area contributed by atoms with Gasteiger partial charge in [0, 0.05) is 17.7 Å². The molecule has 0 aliphatic carbocycles. The highest BCUT2D eigenvalue weighted by atomic mass is 16.6. The number of rotatable bonds is 7. The molecule has 0 aliphatic rings. The van der Waals surface area contributed by atoms with Crippen molar-refractivity contribution >= 4 is 11.8 Å². The van der Waals surface area contributed by atoms with Crippen LogP contribution in [0.4, 0.5) is 0 Å². The van der Waals surface area contributed by atoms with Crippen LogP contribution >= 0.6 is 0 Å². The van der Waals surface area contributed by atoms with Crippen LogP contribution in [0.25, 0.3) is 0 Å². The molecule has 0 saturated heterocycles. The molecular formula is C19H18O5. The van der Waals surface area contributed by atoms with Crippen molar-refractivity contribution in [1.82, 2.24) is 0 Å². The van der Waals surface area contributed by atoms with Gasteiger partial charge in [0.05, 0.1) is 5.56 Å². The highest BCUT2D eigenvalue weighted by Gasteiger charge is 2.14. The van der Waals surface area contributed by atoms with Gasteiger partial charge in [0.15, 0.2) is 5.78 Å². The summed E-state index contributed by atoms with van der Waals surface area (Å²) in [6, 6.07) is 13.2. The third-order valence-corrected chi connectivity index (χ3v) is 3.15. The molecule has 0 saturated carbocycles. The van der Waals surface area contributed by atoms with Gasteiger partial charge in [-0.2, -0.15) is 0 Å². The highest BCUT2D eigenvalue weighted by Crippen LogP contribution is 2.25. The smallest absolute Gasteiger partial charge is 0.330 e. The summed E-state index contributed by atoms with van der Waals surface area (Å²) in [7, 11) is 0. The molecule has 0 atom stereocenters. The predicted octanol–water partition coefficient (Wildman–Crippen LogP) is 3.12. The quantitative estimate of drug-likeness (QED) is 0.366. The maximum absolute atomic E-state index is 12.3. The van der Waals surface area contributed by atoms with Gasteiger partial charge in [0.25, 0.3) is 0 Å². The molecule has 0 unspecified atom stereocenters. The van der Waals surface area contributed by atoms with E-state index in [-0.39, 0.29) is 30.3 Å². The van der Waals surface area contributed by atoms with Crippen molar-refractivity contribution in [3.63, 3.8) is 0 Å². The summed E-state index contributed by atoms with van der Waals surface area (Å²) in [5.41, 5.74) is 0.699.